The molecule has 1 N–H and O–H groups in total. The lowest BCUT2D eigenvalue weighted by molar-refractivity contribution is -0.117. The van der Waals surface area contributed by atoms with Crippen molar-refractivity contribution in [3.8, 4) is 0 Å². The van der Waals surface area contributed by atoms with Crippen LogP contribution in [0.3, 0.4) is 0 Å². The monoisotopic (exact) mass is 438 g/mol. The van der Waals surface area contributed by atoms with Gasteiger partial charge in [-0.05, 0) is 42.8 Å². The molecule has 0 saturated carbocycles. The van der Waals surface area contributed by atoms with Gasteiger partial charge in [-0.1, -0.05) is 36.4 Å². The number of allylic oxidation sites excluding steroid dienone is 2. The van der Waals surface area contributed by atoms with Crippen molar-refractivity contribution in [3.05, 3.63) is 77.9 Å². The fourth-order valence-corrected chi connectivity index (χ4v) is 3.57. The summed E-state index contributed by atoms with van der Waals surface area (Å²) in [5.41, 5.74) is 1.13. The molecule has 30 heavy (non-hydrogen) atoms. The van der Waals surface area contributed by atoms with E-state index in [2.05, 4.69) is 6.58 Å². The Morgan fingerprint density at radius 1 is 1.07 bits per heavy atom. The molecule has 160 valence electrons. The summed E-state index contributed by atoms with van der Waals surface area (Å²) in [6.07, 6.45) is -3.65. The van der Waals surface area contributed by atoms with Gasteiger partial charge in [0.1, 0.15) is 0 Å². The quantitative estimate of drug-likeness (QED) is 0.679. The van der Waals surface area contributed by atoms with Crippen LogP contribution in [0.2, 0.25) is 0 Å². The van der Waals surface area contributed by atoms with E-state index in [9.17, 15) is 26.4 Å². The lowest BCUT2D eigenvalue weighted by Gasteiger charge is -2.24. The van der Waals surface area contributed by atoms with Crippen molar-refractivity contribution in [2.45, 2.75) is 24.9 Å². The van der Waals surface area contributed by atoms with E-state index in [1.165, 1.54) is 29.2 Å². The maximum Gasteiger partial charge on any atom is 0.415 e. The maximum absolute atomic E-state index is 13.1. The van der Waals surface area contributed by atoms with Crippen LogP contribution >= 0.6 is 0 Å². The molecular weight excluding hydrogens is 417 g/mol. The van der Waals surface area contributed by atoms with Crippen LogP contribution < -0.4 is 9.62 Å². The van der Waals surface area contributed by atoms with Gasteiger partial charge in [-0.25, -0.2) is 13.1 Å². The van der Waals surface area contributed by atoms with E-state index in [4.69, 9.17) is 0 Å². The molecule has 0 aliphatic carbocycles. The first kappa shape index (κ1) is 23.2. The minimum Gasteiger partial charge on any atom is -0.344 e. The third-order valence-electron chi connectivity index (χ3n) is 4.20. The number of carbonyl (C=O) groups excluding carboxylic acids is 1. The van der Waals surface area contributed by atoms with E-state index in [-0.39, 0.29) is 10.6 Å². The molecule has 0 saturated heterocycles. The third kappa shape index (κ3) is 5.73. The Morgan fingerprint density at radius 2 is 1.60 bits per heavy atom. The number of amides is 1. The van der Waals surface area contributed by atoms with Gasteiger partial charge in [0.05, 0.1) is 10.5 Å². The lowest BCUT2D eigenvalue weighted by Crippen LogP contribution is -2.28. The lowest BCUT2D eigenvalue weighted by atomic mass is 10.1. The molecule has 0 heterocycles. The SMILES string of the molecule is C=C(/C=C(/c1ccc(C)cc1)N(C)c1ccc(S(=O)(=O)NC(C)=O)cc1)C(F)(F)F. The topological polar surface area (TPSA) is 66.5 Å². The number of sulfonamides is 1. The molecule has 0 aromatic heterocycles. The molecule has 0 bridgehead atoms. The van der Waals surface area contributed by atoms with Crippen molar-refractivity contribution in [2.75, 3.05) is 11.9 Å². The zero-order valence-corrected chi connectivity index (χ0v) is 17.4. The normalized spacial score (nSPS) is 12.4. The smallest absolute Gasteiger partial charge is 0.344 e. The summed E-state index contributed by atoms with van der Waals surface area (Å²) in [6.45, 7) is 6.05. The van der Waals surface area contributed by atoms with Gasteiger partial charge in [0.2, 0.25) is 5.91 Å². The van der Waals surface area contributed by atoms with Gasteiger partial charge < -0.3 is 4.90 Å². The van der Waals surface area contributed by atoms with E-state index in [0.717, 1.165) is 18.6 Å². The fourth-order valence-electron chi connectivity index (χ4n) is 2.58. The highest BCUT2D eigenvalue weighted by molar-refractivity contribution is 7.90. The van der Waals surface area contributed by atoms with Crippen LogP contribution in [0.4, 0.5) is 18.9 Å². The summed E-state index contributed by atoms with van der Waals surface area (Å²) in [5, 5.41) is 0. The number of nitrogens with one attached hydrogen (secondary N) is 1. The maximum atomic E-state index is 13.1. The standard InChI is InChI=1S/C21H21F3N2O3S/c1-14-5-7-17(8-6-14)20(13-15(2)21(22,23)24)26(4)18-9-11-19(12-10-18)30(28,29)25-16(3)27/h5-13H,2H2,1,3-4H3,(H,25,27)/b20-13-. The van der Waals surface area contributed by atoms with Gasteiger partial charge in [-0.3, -0.25) is 4.79 Å². The van der Waals surface area contributed by atoms with Crippen LogP contribution in [-0.2, 0) is 14.8 Å². The van der Waals surface area contributed by atoms with Gasteiger partial charge in [-0.15, -0.1) is 0 Å². The van der Waals surface area contributed by atoms with Crippen molar-refractivity contribution in [1.82, 2.24) is 4.72 Å². The molecule has 0 aliphatic heterocycles. The molecule has 0 aliphatic rings. The van der Waals surface area contributed by atoms with Crippen LogP contribution in [-0.4, -0.2) is 27.5 Å². The fraction of sp³-hybridized carbons (Fsp3) is 0.190. The van der Waals surface area contributed by atoms with E-state index in [1.54, 1.807) is 31.3 Å². The average molecular weight is 438 g/mol. The Balaban J connectivity index is 2.47. The molecular formula is C21H21F3N2O3S. The van der Waals surface area contributed by atoms with E-state index in [1.807, 2.05) is 11.6 Å². The molecule has 2 aromatic carbocycles. The number of benzene rings is 2. The average Bonchev–Trinajstić information content (AvgIpc) is 2.64. The molecule has 0 fully saturated rings. The highest BCUT2D eigenvalue weighted by Gasteiger charge is 2.31. The van der Waals surface area contributed by atoms with Gasteiger partial charge in [0.15, 0.2) is 0 Å². The Bertz CT molecular complexity index is 1070. The van der Waals surface area contributed by atoms with Crippen molar-refractivity contribution in [2.24, 2.45) is 0 Å². The molecule has 2 rings (SSSR count). The number of anilines is 1. The van der Waals surface area contributed by atoms with E-state index >= 15 is 0 Å². The first-order chi connectivity index (χ1) is 13.8. The Morgan fingerprint density at radius 3 is 2.07 bits per heavy atom. The Kier molecular flexibility index (Phi) is 6.77. The highest BCUT2D eigenvalue weighted by Crippen LogP contribution is 2.31. The van der Waals surface area contributed by atoms with Crippen molar-refractivity contribution >= 4 is 27.3 Å². The summed E-state index contributed by atoms with van der Waals surface area (Å²) in [6, 6.07) is 12.3. The van der Waals surface area contributed by atoms with Crippen LogP contribution in [0.15, 0.2) is 71.7 Å². The second-order valence-corrected chi connectivity index (χ2v) is 8.32. The van der Waals surface area contributed by atoms with Crippen molar-refractivity contribution in [1.29, 1.82) is 0 Å². The van der Waals surface area contributed by atoms with Gasteiger partial charge in [0, 0.05) is 25.4 Å². The molecule has 9 heteroatoms. The molecule has 5 nitrogen and oxygen atoms in total. The first-order valence-corrected chi connectivity index (χ1v) is 10.2. The number of carbonyl (C=O) groups is 1. The summed E-state index contributed by atoms with van der Waals surface area (Å²) >= 11 is 0. The highest BCUT2D eigenvalue weighted by atomic mass is 32.2. The zero-order valence-electron chi connectivity index (χ0n) is 16.6. The number of hydrogen-bond acceptors (Lipinski definition) is 4. The van der Waals surface area contributed by atoms with E-state index in [0.29, 0.717) is 11.3 Å². The molecule has 2 aromatic rings. The number of rotatable bonds is 6. The van der Waals surface area contributed by atoms with Gasteiger partial charge >= 0.3 is 6.18 Å². The minimum absolute atomic E-state index is 0.143. The number of alkyl halides is 3. The summed E-state index contributed by atoms with van der Waals surface area (Å²) in [7, 11) is -2.45. The van der Waals surface area contributed by atoms with Crippen LogP contribution in [0.25, 0.3) is 5.70 Å². The van der Waals surface area contributed by atoms with Crippen LogP contribution in [0.1, 0.15) is 18.1 Å². The Hall–Kier alpha value is -3.07. The second-order valence-electron chi connectivity index (χ2n) is 6.63. The number of halogens is 3. The first-order valence-electron chi connectivity index (χ1n) is 8.73. The van der Waals surface area contributed by atoms with Gasteiger partial charge in [0.25, 0.3) is 10.0 Å². The van der Waals surface area contributed by atoms with Crippen LogP contribution in [0.5, 0.6) is 0 Å². The number of hydrogen-bond donors (Lipinski definition) is 1. The molecule has 1 amide bonds. The second kappa shape index (κ2) is 8.74. The third-order valence-corrected chi connectivity index (χ3v) is 5.65. The molecule has 0 spiro atoms. The number of aryl methyl sites for hydroxylation is 1. The molecule has 0 atom stereocenters. The summed E-state index contributed by atoms with van der Waals surface area (Å²) in [4.78, 5) is 12.4. The Labute approximate surface area is 173 Å². The predicted octanol–water partition coefficient (Wildman–Crippen LogP) is 4.42. The predicted molar refractivity (Wildman–Crippen MR) is 110 cm³/mol. The van der Waals surface area contributed by atoms with E-state index < -0.39 is 27.7 Å². The number of nitrogens with zero attached hydrogens (tertiary/aromatic N) is 1. The zero-order chi connectivity index (χ0) is 22.7. The minimum atomic E-state index is -4.59. The largest absolute Gasteiger partial charge is 0.415 e. The molecule has 0 unspecified atom stereocenters. The summed E-state index contributed by atoms with van der Waals surface area (Å²) < 4.78 is 65.2. The van der Waals surface area contributed by atoms with Crippen LogP contribution in [0, 0.1) is 6.92 Å². The summed E-state index contributed by atoms with van der Waals surface area (Å²) in [5.74, 6) is -0.730. The van der Waals surface area contributed by atoms with Crippen molar-refractivity contribution < 1.29 is 26.4 Å². The van der Waals surface area contributed by atoms with Crippen molar-refractivity contribution in [3.63, 3.8) is 0 Å². The van der Waals surface area contributed by atoms with Gasteiger partial charge in [-0.2, -0.15) is 13.2 Å². The molecule has 0 radical (unpaired) electrons.